The van der Waals surface area contributed by atoms with E-state index in [0.717, 1.165) is 16.8 Å². The number of ether oxygens (including phenoxy) is 1. The Labute approximate surface area is 129 Å². The first kappa shape index (κ1) is 15.3. The second-order valence-corrected chi connectivity index (χ2v) is 5.17. The Morgan fingerprint density at radius 2 is 1.90 bits per heavy atom. The fourth-order valence-corrected chi connectivity index (χ4v) is 2.27. The number of benzene rings is 2. The van der Waals surface area contributed by atoms with Crippen molar-refractivity contribution in [1.82, 2.24) is 0 Å². The van der Waals surface area contributed by atoms with Crippen molar-refractivity contribution in [3.8, 4) is 5.75 Å². The van der Waals surface area contributed by atoms with Crippen molar-refractivity contribution in [3.63, 3.8) is 0 Å². The molecule has 0 bridgehead atoms. The first-order chi connectivity index (χ1) is 10.0. The molecule has 2 N–H and O–H groups in total. The molecule has 0 fully saturated rings. The molecule has 0 amide bonds. The highest BCUT2D eigenvalue weighted by atomic mass is 32.1. The molecule has 0 spiro atoms. The van der Waals surface area contributed by atoms with Gasteiger partial charge in [0.1, 0.15) is 16.6 Å². The predicted octanol–water partition coefficient (Wildman–Crippen LogP) is 3.10. The van der Waals surface area contributed by atoms with Gasteiger partial charge in [0.05, 0.1) is 12.7 Å². The molecule has 2 rings (SSSR count). The van der Waals surface area contributed by atoms with Gasteiger partial charge in [-0.05, 0) is 42.0 Å². The summed E-state index contributed by atoms with van der Waals surface area (Å²) in [4.78, 5) is 2.33. The van der Waals surface area contributed by atoms with Gasteiger partial charge in [-0.2, -0.15) is 0 Å². The molecule has 21 heavy (non-hydrogen) atoms. The van der Waals surface area contributed by atoms with Crippen molar-refractivity contribution in [2.45, 2.75) is 6.54 Å². The molecule has 3 nitrogen and oxygen atoms in total. The van der Waals surface area contributed by atoms with Gasteiger partial charge < -0.3 is 15.4 Å². The monoisotopic (exact) mass is 304 g/mol. The first-order valence-corrected chi connectivity index (χ1v) is 6.85. The zero-order chi connectivity index (χ0) is 15.4. The van der Waals surface area contributed by atoms with Crippen LogP contribution >= 0.6 is 12.2 Å². The molecule has 0 aromatic heterocycles. The molecule has 2 aromatic rings. The van der Waals surface area contributed by atoms with Gasteiger partial charge in [0.25, 0.3) is 0 Å². The van der Waals surface area contributed by atoms with Crippen LogP contribution in [0.2, 0.25) is 0 Å². The number of nitrogens with zero attached hydrogens (tertiary/aromatic N) is 1. The van der Waals surface area contributed by atoms with E-state index in [0.29, 0.717) is 17.3 Å². The number of hydrogen-bond donors (Lipinski definition) is 1. The number of halogens is 1. The summed E-state index contributed by atoms with van der Waals surface area (Å²) in [5.74, 6) is 0.419. The van der Waals surface area contributed by atoms with E-state index in [2.05, 4.69) is 0 Å². The summed E-state index contributed by atoms with van der Waals surface area (Å²) < 4.78 is 18.3. The molecule has 0 aliphatic rings. The smallest absolute Gasteiger partial charge is 0.129 e. The quantitative estimate of drug-likeness (QED) is 0.862. The van der Waals surface area contributed by atoms with Crippen LogP contribution in [0.15, 0.2) is 42.5 Å². The Kier molecular flexibility index (Phi) is 4.75. The molecule has 0 saturated carbocycles. The van der Waals surface area contributed by atoms with Gasteiger partial charge in [-0.25, -0.2) is 4.39 Å². The van der Waals surface area contributed by atoms with Gasteiger partial charge >= 0.3 is 0 Å². The van der Waals surface area contributed by atoms with Gasteiger partial charge in [0, 0.05) is 19.3 Å². The van der Waals surface area contributed by atoms with Crippen LogP contribution < -0.4 is 15.4 Å². The Morgan fingerprint density at radius 3 is 2.48 bits per heavy atom. The van der Waals surface area contributed by atoms with Crippen LogP contribution in [0.25, 0.3) is 0 Å². The molecule has 0 saturated heterocycles. The highest BCUT2D eigenvalue weighted by Crippen LogP contribution is 2.22. The minimum atomic E-state index is -0.241. The largest absolute Gasteiger partial charge is 0.496 e. The van der Waals surface area contributed by atoms with Gasteiger partial charge in [-0.15, -0.1) is 0 Å². The molecule has 0 atom stereocenters. The predicted molar refractivity (Wildman–Crippen MR) is 87.4 cm³/mol. The summed E-state index contributed by atoms with van der Waals surface area (Å²) >= 11 is 4.99. The maximum absolute atomic E-state index is 12.9. The van der Waals surface area contributed by atoms with E-state index >= 15 is 0 Å². The topological polar surface area (TPSA) is 38.5 Å². The Bertz CT molecular complexity index is 643. The molecule has 0 aliphatic carbocycles. The second kappa shape index (κ2) is 6.54. The normalized spacial score (nSPS) is 10.2. The lowest BCUT2D eigenvalue weighted by Crippen LogP contribution is -2.17. The van der Waals surface area contributed by atoms with Crippen LogP contribution in [0.4, 0.5) is 10.1 Å². The number of anilines is 1. The van der Waals surface area contributed by atoms with E-state index in [-0.39, 0.29) is 5.82 Å². The fraction of sp³-hybridized carbons (Fsp3) is 0.188. The Morgan fingerprint density at radius 1 is 1.24 bits per heavy atom. The molecule has 0 heterocycles. The Hall–Kier alpha value is -2.14. The van der Waals surface area contributed by atoms with Crippen molar-refractivity contribution in [1.29, 1.82) is 0 Å². The third-order valence-corrected chi connectivity index (χ3v) is 3.44. The van der Waals surface area contributed by atoms with Crippen molar-refractivity contribution < 1.29 is 9.13 Å². The lowest BCUT2D eigenvalue weighted by molar-refractivity contribution is 0.413. The molecule has 0 radical (unpaired) electrons. The molecule has 110 valence electrons. The maximum Gasteiger partial charge on any atom is 0.129 e. The highest BCUT2D eigenvalue weighted by molar-refractivity contribution is 7.80. The van der Waals surface area contributed by atoms with Crippen LogP contribution in [-0.2, 0) is 6.54 Å². The van der Waals surface area contributed by atoms with Crippen LogP contribution in [-0.4, -0.2) is 19.1 Å². The number of methoxy groups -OCH3 is 1. The summed E-state index contributed by atoms with van der Waals surface area (Å²) in [5.41, 5.74) is 8.37. The zero-order valence-corrected chi connectivity index (χ0v) is 12.8. The molecular formula is C16H17FN2OS. The van der Waals surface area contributed by atoms with Gasteiger partial charge in [0.15, 0.2) is 0 Å². The lowest BCUT2D eigenvalue weighted by Gasteiger charge is -2.20. The summed E-state index contributed by atoms with van der Waals surface area (Å²) in [6, 6.07) is 12.1. The maximum atomic E-state index is 12.9. The van der Waals surface area contributed by atoms with E-state index in [1.807, 2.05) is 30.1 Å². The van der Waals surface area contributed by atoms with Crippen molar-refractivity contribution in [3.05, 3.63) is 59.4 Å². The standard InChI is InChI=1S/C16H17FN2OS/c1-19(13-6-4-12(17)5-7-13)10-11-3-8-14(16(18)21)15(9-11)20-2/h3-9H,10H2,1-2H3,(H2,18,21). The third kappa shape index (κ3) is 3.70. The first-order valence-electron chi connectivity index (χ1n) is 6.44. The lowest BCUT2D eigenvalue weighted by atomic mass is 10.1. The number of nitrogens with two attached hydrogens (primary N) is 1. The average Bonchev–Trinajstić information content (AvgIpc) is 2.47. The average molecular weight is 304 g/mol. The molecule has 2 aromatic carbocycles. The minimum absolute atomic E-state index is 0.241. The Balaban J connectivity index is 2.19. The SMILES string of the molecule is COc1cc(CN(C)c2ccc(F)cc2)ccc1C(N)=S. The summed E-state index contributed by atoms with van der Waals surface area (Å²) in [5, 5.41) is 0. The summed E-state index contributed by atoms with van der Waals surface area (Å²) in [6.07, 6.45) is 0. The van der Waals surface area contributed by atoms with E-state index in [1.54, 1.807) is 19.2 Å². The van der Waals surface area contributed by atoms with Gasteiger partial charge in [-0.1, -0.05) is 18.3 Å². The third-order valence-electron chi connectivity index (χ3n) is 3.22. The van der Waals surface area contributed by atoms with Crippen molar-refractivity contribution in [2.24, 2.45) is 5.73 Å². The summed E-state index contributed by atoms with van der Waals surface area (Å²) in [6.45, 7) is 0.666. The van der Waals surface area contributed by atoms with E-state index in [1.165, 1.54) is 12.1 Å². The molecule has 5 heteroatoms. The molecular weight excluding hydrogens is 287 g/mol. The van der Waals surface area contributed by atoms with Crippen molar-refractivity contribution in [2.75, 3.05) is 19.1 Å². The van der Waals surface area contributed by atoms with Crippen LogP contribution in [0.5, 0.6) is 5.75 Å². The highest BCUT2D eigenvalue weighted by Gasteiger charge is 2.09. The minimum Gasteiger partial charge on any atom is -0.496 e. The van der Waals surface area contributed by atoms with Gasteiger partial charge in [-0.3, -0.25) is 0 Å². The molecule has 0 unspecified atom stereocenters. The molecule has 0 aliphatic heterocycles. The second-order valence-electron chi connectivity index (χ2n) is 4.73. The zero-order valence-electron chi connectivity index (χ0n) is 12.0. The van der Waals surface area contributed by atoms with E-state index in [4.69, 9.17) is 22.7 Å². The van der Waals surface area contributed by atoms with Crippen LogP contribution in [0, 0.1) is 5.82 Å². The fourth-order valence-electron chi connectivity index (χ4n) is 2.10. The van der Waals surface area contributed by atoms with Crippen molar-refractivity contribution >= 4 is 22.9 Å². The van der Waals surface area contributed by atoms with Crippen LogP contribution in [0.1, 0.15) is 11.1 Å². The van der Waals surface area contributed by atoms with E-state index in [9.17, 15) is 4.39 Å². The number of hydrogen-bond acceptors (Lipinski definition) is 3. The van der Waals surface area contributed by atoms with Gasteiger partial charge in [0.2, 0.25) is 0 Å². The van der Waals surface area contributed by atoms with E-state index < -0.39 is 0 Å². The number of thiocarbonyl (C=S) groups is 1. The summed E-state index contributed by atoms with van der Waals surface area (Å²) in [7, 11) is 3.53. The number of rotatable bonds is 5. The van der Waals surface area contributed by atoms with Crippen LogP contribution in [0.3, 0.4) is 0 Å².